The molecule has 19 heavy (non-hydrogen) atoms. The number of amides is 1. The van der Waals surface area contributed by atoms with Gasteiger partial charge < -0.3 is 5.32 Å². The molecule has 0 aliphatic rings. The Kier molecular flexibility index (Phi) is 3.57. The minimum absolute atomic E-state index is 0.184. The Morgan fingerprint density at radius 3 is 2.68 bits per heavy atom. The lowest BCUT2D eigenvalue weighted by Gasteiger charge is -2.03. The van der Waals surface area contributed by atoms with Gasteiger partial charge in [-0.25, -0.2) is 0 Å². The maximum absolute atomic E-state index is 13.1. The van der Waals surface area contributed by atoms with Gasteiger partial charge >= 0.3 is 5.69 Å². The van der Waals surface area contributed by atoms with Crippen LogP contribution in [-0.2, 0) is 0 Å². The summed E-state index contributed by atoms with van der Waals surface area (Å²) in [4.78, 5) is 23.1. The molecule has 98 valence electrons. The zero-order valence-electron chi connectivity index (χ0n) is 9.84. The molecule has 0 unspecified atom stereocenters. The van der Waals surface area contributed by atoms with Crippen molar-refractivity contribution in [2.45, 2.75) is 6.92 Å². The number of nitrogens with one attached hydrogen (secondary N) is 1. The van der Waals surface area contributed by atoms with Crippen LogP contribution >= 0.6 is 11.3 Å². The summed E-state index contributed by atoms with van der Waals surface area (Å²) in [7, 11) is 0. The quantitative estimate of drug-likeness (QED) is 0.692. The van der Waals surface area contributed by atoms with E-state index in [1.54, 1.807) is 12.1 Å². The molecule has 1 N–H and O–H groups in total. The van der Waals surface area contributed by atoms with Gasteiger partial charge in [-0.2, -0.15) is 4.39 Å². The fourth-order valence-corrected chi connectivity index (χ4v) is 2.24. The highest BCUT2D eigenvalue weighted by atomic mass is 32.1. The summed E-state index contributed by atoms with van der Waals surface area (Å²) in [5.74, 6) is -1.31. The first kappa shape index (κ1) is 13.2. The summed E-state index contributed by atoms with van der Waals surface area (Å²) in [5.41, 5.74) is -0.482. The monoisotopic (exact) mass is 280 g/mol. The molecule has 2 aromatic rings. The summed E-state index contributed by atoms with van der Waals surface area (Å²) in [6, 6.07) is 6.68. The number of nitro groups is 1. The average molecular weight is 280 g/mol. The van der Waals surface area contributed by atoms with Gasteiger partial charge in [0.2, 0.25) is 5.82 Å². The van der Waals surface area contributed by atoms with Crippen LogP contribution in [0.5, 0.6) is 0 Å². The number of benzene rings is 1. The van der Waals surface area contributed by atoms with Crippen LogP contribution in [0.15, 0.2) is 30.3 Å². The number of thiophene rings is 1. The average Bonchev–Trinajstić information content (AvgIpc) is 2.78. The number of aryl methyl sites for hydroxylation is 1. The molecule has 5 nitrogen and oxygen atoms in total. The minimum atomic E-state index is -0.935. The lowest BCUT2D eigenvalue weighted by molar-refractivity contribution is -0.387. The number of anilines is 1. The summed E-state index contributed by atoms with van der Waals surface area (Å²) in [5, 5.41) is 13.1. The van der Waals surface area contributed by atoms with Crippen molar-refractivity contribution in [3.63, 3.8) is 0 Å². The van der Waals surface area contributed by atoms with Crippen LogP contribution in [0.2, 0.25) is 0 Å². The molecular weight excluding hydrogens is 271 g/mol. The zero-order valence-corrected chi connectivity index (χ0v) is 10.7. The van der Waals surface area contributed by atoms with Crippen LogP contribution < -0.4 is 5.32 Å². The number of halogens is 1. The van der Waals surface area contributed by atoms with Gasteiger partial charge in [0, 0.05) is 16.6 Å². The molecule has 1 amide bonds. The van der Waals surface area contributed by atoms with Crippen molar-refractivity contribution in [1.29, 1.82) is 0 Å². The molecule has 0 saturated carbocycles. The highest BCUT2D eigenvalue weighted by Gasteiger charge is 2.16. The molecule has 7 heteroatoms. The molecule has 0 bridgehead atoms. The van der Waals surface area contributed by atoms with Gasteiger partial charge in [-0.3, -0.25) is 14.9 Å². The molecule has 0 atom stereocenters. The topological polar surface area (TPSA) is 72.2 Å². The van der Waals surface area contributed by atoms with Crippen molar-refractivity contribution in [2.24, 2.45) is 0 Å². The van der Waals surface area contributed by atoms with Gasteiger partial charge in [0.25, 0.3) is 5.91 Å². The lowest BCUT2D eigenvalue weighted by atomic mass is 10.2. The van der Waals surface area contributed by atoms with Crippen LogP contribution in [0.25, 0.3) is 0 Å². The predicted molar refractivity (Wildman–Crippen MR) is 70.1 cm³/mol. The Balaban J connectivity index is 2.22. The van der Waals surface area contributed by atoms with Gasteiger partial charge in [-0.15, -0.1) is 11.3 Å². The van der Waals surface area contributed by atoms with Gasteiger partial charge in [-0.05, 0) is 31.2 Å². The first-order chi connectivity index (χ1) is 8.97. The molecule has 0 aliphatic heterocycles. The van der Waals surface area contributed by atoms with E-state index in [1.165, 1.54) is 17.4 Å². The third-order valence-corrected chi connectivity index (χ3v) is 3.36. The lowest BCUT2D eigenvalue weighted by Crippen LogP contribution is -2.10. The molecule has 1 aromatic carbocycles. The SMILES string of the molecule is Cc1ccc(C(=O)Nc2ccc(F)c([N+](=O)[O-])c2)s1. The number of hydrogen-bond donors (Lipinski definition) is 1. The Labute approximate surface area is 111 Å². The fourth-order valence-electron chi connectivity index (χ4n) is 1.48. The highest BCUT2D eigenvalue weighted by molar-refractivity contribution is 7.14. The van der Waals surface area contributed by atoms with Crippen LogP contribution in [0.3, 0.4) is 0 Å². The summed E-state index contributed by atoms with van der Waals surface area (Å²) >= 11 is 1.31. The second-order valence-corrected chi connectivity index (χ2v) is 5.08. The van der Waals surface area contributed by atoms with E-state index in [4.69, 9.17) is 0 Å². The number of carbonyl (C=O) groups excluding carboxylic acids is 1. The molecule has 1 aromatic heterocycles. The molecular formula is C12H9FN2O3S. The smallest absolute Gasteiger partial charge is 0.306 e. The Bertz CT molecular complexity index is 654. The number of rotatable bonds is 3. The number of carbonyl (C=O) groups is 1. The summed E-state index contributed by atoms with van der Waals surface area (Å²) in [6.45, 7) is 1.87. The highest BCUT2D eigenvalue weighted by Crippen LogP contribution is 2.23. The normalized spacial score (nSPS) is 10.2. The second kappa shape index (κ2) is 5.15. The first-order valence-electron chi connectivity index (χ1n) is 5.29. The zero-order chi connectivity index (χ0) is 14.0. The number of nitrogens with zero attached hydrogens (tertiary/aromatic N) is 1. The Morgan fingerprint density at radius 1 is 1.37 bits per heavy atom. The van der Waals surface area contributed by atoms with E-state index in [0.29, 0.717) is 4.88 Å². The summed E-state index contributed by atoms with van der Waals surface area (Å²) < 4.78 is 13.1. The number of nitro benzene ring substituents is 1. The molecule has 0 radical (unpaired) electrons. The summed E-state index contributed by atoms with van der Waals surface area (Å²) in [6.07, 6.45) is 0. The Morgan fingerprint density at radius 2 is 2.11 bits per heavy atom. The second-order valence-electron chi connectivity index (χ2n) is 3.79. The first-order valence-corrected chi connectivity index (χ1v) is 6.11. The van der Waals surface area contributed by atoms with Crippen molar-refractivity contribution in [2.75, 3.05) is 5.32 Å². The van der Waals surface area contributed by atoms with E-state index < -0.39 is 16.4 Å². The van der Waals surface area contributed by atoms with Crippen LogP contribution in [-0.4, -0.2) is 10.8 Å². The largest absolute Gasteiger partial charge is 0.321 e. The molecule has 1 heterocycles. The number of hydrogen-bond acceptors (Lipinski definition) is 4. The van der Waals surface area contributed by atoms with Crippen LogP contribution in [0.4, 0.5) is 15.8 Å². The van der Waals surface area contributed by atoms with E-state index in [0.717, 1.165) is 17.0 Å². The van der Waals surface area contributed by atoms with E-state index in [-0.39, 0.29) is 11.6 Å². The van der Waals surface area contributed by atoms with Crippen LogP contribution in [0.1, 0.15) is 14.5 Å². The van der Waals surface area contributed by atoms with Crippen molar-refractivity contribution < 1.29 is 14.1 Å². The predicted octanol–water partition coefficient (Wildman–Crippen LogP) is 3.36. The fraction of sp³-hybridized carbons (Fsp3) is 0.0833. The standard InChI is InChI=1S/C12H9FN2O3S/c1-7-2-5-11(19-7)12(16)14-8-3-4-9(13)10(6-8)15(17)18/h2-6H,1H3,(H,14,16). The van der Waals surface area contributed by atoms with Gasteiger partial charge in [-0.1, -0.05) is 0 Å². The van der Waals surface area contributed by atoms with E-state index in [1.807, 2.05) is 6.92 Å². The third-order valence-electron chi connectivity index (χ3n) is 2.36. The van der Waals surface area contributed by atoms with E-state index >= 15 is 0 Å². The van der Waals surface area contributed by atoms with Crippen molar-refractivity contribution in [3.8, 4) is 0 Å². The molecule has 0 saturated heterocycles. The maximum atomic E-state index is 13.1. The molecule has 0 aliphatic carbocycles. The van der Waals surface area contributed by atoms with E-state index in [2.05, 4.69) is 5.32 Å². The van der Waals surface area contributed by atoms with Crippen LogP contribution in [0, 0.1) is 22.9 Å². The molecule has 0 fully saturated rings. The van der Waals surface area contributed by atoms with Crippen molar-refractivity contribution in [1.82, 2.24) is 0 Å². The molecule has 0 spiro atoms. The van der Waals surface area contributed by atoms with Crippen molar-refractivity contribution in [3.05, 3.63) is 56.0 Å². The molecule has 2 rings (SSSR count). The van der Waals surface area contributed by atoms with Gasteiger partial charge in [0.1, 0.15) is 0 Å². The van der Waals surface area contributed by atoms with E-state index in [9.17, 15) is 19.3 Å². The Hall–Kier alpha value is -2.28. The van der Waals surface area contributed by atoms with Gasteiger partial charge in [0.15, 0.2) is 0 Å². The minimum Gasteiger partial charge on any atom is -0.321 e. The van der Waals surface area contributed by atoms with Crippen molar-refractivity contribution >= 4 is 28.6 Å². The maximum Gasteiger partial charge on any atom is 0.306 e. The van der Waals surface area contributed by atoms with Gasteiger partial charge in [0.05, 0.1) is 9.80 Å². The third kappa shape index (κ3) is 2.94.